The lowest BCUT2D eigenvalue weighted by molar-refractivity contribution is -0.0181. The van der Waals surface area contributed by atoms with Gasteiger partial charge in [0.25, 0.3) is 0 Å². The molecular formula is C20H29Cl. The molecule has 0 heterocycles. The van der Waals surface area contributed by atoms with Crippen LogP contribution in [0.15, 0.2) is 22.8 Å². The molecule has 0 nitrogen and oxygen atoms in total. The average molecular weight is 305 g/mol. The second-order valence-corrected chi connectivity index (χ2v) is 9.26. The molecule has 4 aliphatic carbocycles. The highest BCUT2D eigenvalue weighted by Crippen LogP contribution is 2.65. The van der Waals surface area contributed by atoms with Gasteiger partial charge in [0.1, 0.15) is 0 Å². The van der Waals surface area contributed by atoms with Crippen molar-refractivity contribution in [2.45, 2.75) is 65.7 Å². The number of halogens is 1. The second-order valence-electron chi connectivity index (χ2n) is 8.85. The van der Waals surface area contributed by atoms with Gasteiger partial charge in [0, 0.05) is 10.4 Å². The molecule has 0 amide bonds. The first kappa shape index (κ1) is 14.4. The van der Waals surface area contributed by atoms with Gasteiger partial charge in [-0.1, -0.05) is 50.1 Å². The quantitative estimate of drug-likeness (QED) is 0.459. The summed E-state index contributed by atoms with van der Waals surface area (Å²) in [4.78, 5) is 0. The highest BCUT2D eigenvalue weighted by Gasteiger charge is 2.56. The summed E-state index contributed by atoms with van der Waals surface area (Å²) in [6, 6.07) is 0. The molecule has 0 aliphatic heterocycles. The first-order valence-corrected chi connectivity index (χ1v) is 9.38. The van der Waals surface area contributed by atoms with E-state index in [1.165, 1.54) is 50.0 Å². The van der Waals surface area contributed by atoms with E-state index in [9.17, 15) is 0 Å². The van der Waals surface area contributed by atoms with Crippen molar-refractivity contribution in [3.63, 3.8) is 0 Å². The zero-order valence-corrected chi connectivity index (χ0v) is 14.5. The van der Waals surface area contributed by atoms with Crippen molar-refractivity contribution in [2.75, 3.05) is 0 Å². The molecular weight excluding hydrogens is 276 g/mol. The summed E-state index contributed by atoms with van der Waals surface area (Å²) < 4.78 is 0. The van der Waals surface area contributed by atoms with E-state index in [-0.39, 0.29) is 0 Å². The van der Waals surface area contributed by atoms with E-state index in [1.807, 2.05) is 5.57 Å². The van der Waals surface area contributed by atoms with Crippen LogP contribution in [-0.4, -0.2) is 0 Å². The Balaban J connectivity index is 1.68. The Bertz CT molecular complexity index is 516. The molecule has 3 unspecified atom stereocenters. The maximum atomic E-state index is 6.60. The van der Waals surface area contributed by atoms with Crippen molar-refractivity contribution in [3.05, 3.63) is 22.8 Å². The molecule has 0 saturated heterocycles. The molecule has 116 valence electrons. The van der Waals surface area contributed by atoms with Gasteiger partial charge in [0.15, 0.2) is 0 Å². The predicted molar refractivity (Wildman–Crippen MR) is 90.2 cm³/mol. The molecule has 0 aromatic rings. The van der Waals surface area contributed by atoms with E-state index in [0.29, 0.717) is 10.8 Å². The van der Waals surface area contributed by atoms with Gasteiger partial charge in [-0.25, -0.2) is 0 Å². The van der Waals surface area contributed by atoms with Gasteiger partial charge in [-0.15, -0.1) is 0 Å². The van der Waals surface area contributed by atoms with Crippen LogP contribution in [0.2, 0.25) is 0 Å². The molecule has 0 radical (unpaired) electrons. The lowest BCUT2D eigenvalue weighted by atomic mass is 9.47. The number of fused-ring (bicyclic) bond motifs is 5. The molecule has 0 aromatic heterocycles. The normalized spacial score (nSPS) is 52.4. The van der Waals surface area contributed by atoms with Gasteiger partial charge in [-0.05, 0) is 74.0 Å². The Kier molecular flexibility index (Phi) is 3.17. The van der Waals surface area contributed by atoms with Crippen molar-refractivity contribution in [1.29, 1.82) is 0 Å². The van der Waals surface area contributed by atoms with E-state index < -0.39 is 0 Å². The standard InChI is InChI=1S/C20H29Cl/c1-13-8-10-19(2)14(12-13)4-5-15-16-6-7-18(21)20(16,3)11-9-17(15)19/h4,7,13,15-17H,5-6,8-12H2,1-3H3/t13-,15?,16?,17?,19-,20-/m0/s1. The van der Waals surface area contributed by atoms with Gasteiger partial charge < -0.3 is 0 Å². The summed E-state index contributed by atoms with van der Waals surface area (Å²) in [6.45, 7) is 7.46. The van der Waals surface area contributed by atoms with Crippen LogP contribution in [-0.2, 0) is 0 Å². The Morgan fingerprint density at radius 3 is 2.57 bits per heavy atom. The van der Waals surface area contributed by atoms with E-state index >= 15 is 0 Å². The number of allylic oxidation sites excluding steroid dienone is 4. The lowest BCUT2D eigenvalue weighted by Crippen LogP contribution is -2.49. The molecule has 1 heteroatoms. The van der Waals surface area contributed by atoms with E-state index in [4.69, 9.17) is 11.6 Å². The summed E-state index contributed by atoms with van der Waals surface area (Å²) in [5, 5.41) is 1.17. The van der Waals surface area contributed by atoms with Gasteiger partial charge in [-0.3, -0.25) is 0 Å². The van der Waals surface area contributed by atoms with E-state index in [0.717, 1.165) is 23.7 Å². The summed E-state index contributed by atoms with van der Waals surface area (Å²) in [5.74, 6) is 3.49. The van der Waals surface area contributed by atoms with E-state index in [2.05, 4.69) is 32.9 Å². The summed E-state index contributed by atoms with van der Waals surface area (Å²) >= 11 is 6.60. The van der Waals surface area contributed by atoms with Crippen LogP contribution in [0.4, 0.5) is 0 Å². The lowest BCUT2D eigenvalue weighted by Gasteiger charge is -2.57. The summed E-state index contributed by atoms with van der Waals surface area (Å²) in [6.07, 6.45) is 14.4. The molecule has 21 heavy (non-hydrogen) atoms. The van der Waals surface area contributed by atoms with Crippen molar-refractivity contribution in [3.8, 4) is 0 Å². The van der Waals surface area contributed by atoms with Crippen LogP contribution in [0.1, 0.15) is 65.7 Å². The Morgan fingerprint density at radius 2 is 1.76 bits per heavy atom. The Hall–Kier alpha value is -0.230. The third-order valence-corrected chi connectivity index (χ3v) is 8.42. The van der Waals surface area contributed by atoms with Crippen LogP contribution in [0.3, 0.4) is 0 Å². The molecule has 0 N–H and O–H groups in total. The van der Waals surface area contributed by atoms with Crippen LogP contribution in [0.25, 0.3) is 0 Å². The fourth-order valence-corrected chi connectivity index (χ4v) is 6.68. The fraction of sp³-hybridized carbons (Fsp3) is 0.800. The van der Waals surface area contributed by atoms with Gasteiger partial charge in [-0.2, -0.15) is 0 Å². The van der Waals surface area contributed by atoms with Crippen molar-refractivity contribution >= 4 is 11.6 Å². The first-order chi connectivity index (χ1) is 9.95. The molecule has 2 saturated carbocycles. The van der Waals surface area contributed by atoms with Crippen molar-refractivity contribution in [2.24, 2.45) is 34.5 Å². The number of hydrogen-bond acceptors (Lipinski definition) is 0. The highest BCUT2D eigenvalue weighted by atomic mass is 35.5. The largest absolute Gasteiger partial charge is 0.0889 e. The average Bonchev–Trinajstić information content (AvgIpc) is 2.76. The molecule has 4 aliphatic rings. The van der Waals surface area contributed by atoms with Crippen LogP contribution in [0, 0.1) is 34.5 Å². The van der Waals surface area contributed by atoms with Crippen molar-refractivity contribution < 1.29 is 0 Å². The highest BCUT2D eigenvalue weighted by molar-refractivity contribution is 6.30. The van der Waals surface area contributed by atoms with E-state index in [1.54, 1.807) is 0 Å². The molecule has 2 fully saturated rings. The first-order valence-electron chi connectivity index (χ1n) is 9.01. The SMILES string of the molecule is C[C@H]1CC[C@@]2(C)C(=CCC3C2CC[C@]2(C)C(Cl)=CCC32)C1. The molecule has 4 rings (SSSR count). The van der Waals surface area contributed by atoms with Crippen molar-refractivity contribution in [1.82, 2.24) is 0 Å². The fourth-order valence-electron chi connectivity index (χ4n) is 6.36. The molecule has 0 bridgehead atoms. The Labute approximate surface area is 135 Å². The minimum atomic E-state index is 0.298. The third-order valence-electron chi connectivity index (χ3n) is 7.84. The monoisotopic (exact) mass is 304 g/mol. The summed E-state index contributed by atoms with van der Waals surface area (Å²) in [7, 11) is 0. The maximum absolute atomic E-state index is 6.60. The molecule has 0 spiro atoms. The second kappa shape index (κ2) is 4.63. The zero-order chi connectivity index (χ0) is 14.8. The minimum absolute atomic E-state index is 0.298. The predicted octanol–water partition coefficient (Wildman–Crippen LogP) is 6.32. The van der Waals surface area contributed by atoms with Crippen LogP contribution in [0.5, 0.6) is 0 Å². The molecule has 6 atom stereocenters. The van der Waals surface area contributed by atoms with Crippen LogP contribution < -0.4 is 0 Å². The van der Waals surface area contributed by atoms with Gasteiger partial charge >= 0.3 is 0 Å². The minimum Gasteiger partial charge on any atom is -0.0889 e. The number of rotatable bonds is 0. The number of hydrogen-bond donors (Lipinski definition) is 0. The molecule has 0 aromatic carbocycles. The maximum Gasteiger partial charge on any atom is 0.0203 e. The van der Waals surface area contributed by atoms with Gasteiger partial charge in [0.2, 0.25) is 0 Å². The Morgan fingerprint density at radius 1 is 1.00 bits per heavy atom. The summed E-state index contributed by atoms with van der Waals surface area (Å²) in [5.41, 5.74) is 2.61. The smallest absolute Gasteiger partial charge is 0.0203 e. The zero-order valence-electron chi connectivity index (χ0n) is 13.8. The third kappa shape index (κ3) is 1.87. The topological polar surface area (TPSA) is 0 Å². The van der Waals surface area contributed by atoms with Crippen LogP contribution >= 0.6 is 11.6 Å². The van der Waals surface area contributed by atoms with Gasteiger partial charge in [0.05, 0.1) is 0 Å².